The van der Waals surface area contributed by atoms with Crippen molar-refractivity contribution in [3.63, 3.8) is 0 Å². The van der Waals surface area contributed by atoms with E-state index in [0.717, 1.165) is 5.56 Å². The van der Waals surface area contributed by atoms with Crippen molar-refractivity contribution in [2.24, 2.45) is 5.92 Å². The summed E-state index contributed by atoms with van der Waals surface area (Å²) in [4.78, 5) is 22.6. The number of phenols is 1. The third-order valence-electron chi connectivity index (χ3n) is 3.88. The van der Waals surface area contributed by atoms with Gasteiger partial charge in [-0.2, -0.15) is 0 Å². The second-order valence-electron chi connectivity index (χ2n) is 5.47. The number of carboxylic acid groups (broad SMARTS) is 1. The van der Waals surface area contributed by atoms with E-state index in [2.05, 4.69) is 0 Å². The topological polar surface area (TPSA) is 83.8 Å². The Morgan fingerprint density at radius 2 is 1.71 bits per heavy atom. The van der Waals surface area contributed by atoms with Crippen molar-refractivity contribution in [3.05, 3.63) is 29.8 Å². The van der Waals surface area contributed by atoms with E-state index in [-0.39, 0.29) is 23.7 Å². The Kier molecular flexibility index (Phi) is 5.20. The Labute approximate surface area is 123 Å². The van der Waals surface area contributed by atoms with Crippen LogP contribution in [0.1, 0.15) is 37.7 Å². The van der Waals surface area contributed by atoms with Gasteiger partial charge in [-0.25, -0.2) is 0 Å². The summed E-state index contributed by atoms with van der Waals surface area (Å²) in [6.07, 6.45) is 3.13. The number of ether oxygens (including phenoxy) is 1. The van der Waals surface area contributed by atoms with Crippen LogP contribution < -0.4 is 0 Å². The molecule has 2 rings (SSSR count). The van der Waals surface area contributed by atoms with Gasteiger partial charge in [0.05, 0.1) is 5.92 Å². The first-order valence-corrected chi connectivity index (χ1v) is 7.25. The van der Waals surface area contributed by atoms with E-state index in [4.69, 9.17) is 9.84 Å². The van der Waals surface area contributed by atoms with Gasteiger partial charge in [-0.05, 0) is 49.8 Å². The van der Waals surface area contributed by atoms with Crippen LogP contribution in [-0.4, -0.2) is 28.3 Å². The fourth-order valence-electron chi connectivity index (χ4n) is 2.58. The standard InChI is InChI=1S/C16H20O5/c17-13-6-1-11(2-7-13)3-10-15(18)21-14-8-4-12(5-9-14)16(19)20/h1-2,6-7,12,14,17H,3-5,8-10H2,(H,19,20). The number of carboxylic acids is 1. The van der Waals surface area contributed by atoms with E-state index in [1.807, 2.05) is 0 Å². The van der Waals surface area contributed by atoms with Gasteiger partial charge in [0, 0.05) is 6.42 Å². The van der Waals surface area contributed by atoms with Crippen LogP contribution >= 0.6 is 0 Å². The van der Waals surface area contributed by atoms with E-state index in [1.165, 1.54) is 0 Å². The first-order valence-electron chi connectivity index (χ1n) is 7.25. The monoisotopic (exact) mass is 292 g/mol. The number of esters is 1. The third-order valence-corrected chi connectivity index (χ3v) is 3.88. The quantitative estimate of drug-likeness (QED) is 0.815. The summed E-state index contributed by atoms with van der Waals surface area (Å²) in [6.45, 7) is 0. The lowest BCUT2D eigenvalue weighted by atomic mass is 9.87. The minimum absolute atomic E-state index is 0.145. The highest BCUT2D eigenvalue weighted by molar-refractivity contribution is 5.71. The fraction of sp³-hybridized carbons (Fsp3) is 0.500. The lowest BCUT2D eigenvalue weighted by Crippen LogP contribution is -2.27. The highest BCUT2D eigenvalue weighted by Gasteiger charge is 2.27. The molecule has 0 aromatic heterocycles. The normalized spacial score (nSPS) is 21.7. The molecule has 1 saturated carbocycles. The fourth-order valence-corrected chi connectivity index (χ4v) is 2.58. The molecule has 0 unspecified atom stereocenters. The summed E-state index contributed by atoms with van der Waals surface area (Å²) in [7, 11) is 0. The molecule has 0 aliphatic heterocycles. The van der Waals surface area contributed by atoms with Crippen LogP contribution in [0.15, 0.2) is 24.3 Å². The molecule has 1 aromatic rings. The van der Waals surface area contributed by atoms with Crippen LogP contribution in [0.5, 0.6) is 5.75 Å². The van der Waals surface area contributed by atoms with E-state index in [0.29, 0.717) is 38.5 Å². The summed E-state index contributed by atoms with van der Waals surface area (Å²) < 4.78 is 5.38. The molecule has 1 aliphatic carbocycles. The number of phenolic OH excluding ortho intramolecular Hbond substituents is 1. The lowest BCUT2D eigenvalue weighted by Gasteiger charge is -2.25. The first kappa shape index (κ1) is 15.4. The highest BCUT2D eigenvalue weighted by atomic mass is 16.5. The smallest absolute Gasteiger partial charge is 0.306 e. The molecule has 0 atom stereocenters. The van der Waals surface area contributed by atoms with Gasteiger partial charge in [-0.3, -0.25) is 9.59 Å². The summed E-state index contributed by atoms with van der Waals surface area (Å²) in [6, 6.07) is 6.74. The maximum Gasteiger partial charge on any atom is 0.306 e. The molecule has 0 heterocycles. The molecule has 1 fully saturated rings. The summed E-state index contributed by atoms with van der Waals surface area (Å²) in [5.74, 6) is -1.09. The molecule has 1 aromatic carbocycles. The molecule has 21 heavy (non-hydrogen) atoms. The Bertz CT molecular complexity index is 486. The van der Waals surface area contributed by atoms with Crippen LogP contribution in [0.4, 0.5) is 0 Å². The van der Waals surface area contributed by atoms with Gasteiger partial charge in [0.25, 0.3) is 0 Å². The van der Waals surface area contributed by atoms with Crippen molar-refractivity contribution in [1.29, 1.82) is 0 Å². The van der Waals surface area contributed by atoms with Crippen molar-refractivity contribution in [3.8, 4) is 5.75 Å². The molecule has 5 heteroatoms. The van der Waals surface area contributed by atoms with Crippen LogP contribution in [0, 0.1) is 5.92 Å². The van der Waals surface area contributed by atoms with Crippen molar-refractivity contribution >= 4 is 11.9 Å². The van der Waals surface area contributed by atoms with Gasteiger partial charge in [0.1, 0.15) is 11.9 Å². The second-order valence-corrected chi connectivity index (χ2v) is 5.47. The summed E-state index contributed by atoms with van der Waals surface area (Å²) in [5, 5.41) is 18.1. The largest absolute Gasteiger partial charge is 0.508 e. The van der Waals surface area contributed by atoms with Crippen LogP contribution in [0.2, 0.25) is 0 Å². The van der Waals surface area contributed by atoms with Gasteiger partial charge in [0.2, 0.25) is 0 Å². The van der Waals surface area contributed by atoms with Gasteiger partial charge in [-0.1, -0.05) is 12.1 Å². The maximum absolute atomic E-state index is 11.8. The number of aryl methyl sites for hydroxylation is 1. The number of carbonyl (C=O) groups is 2. The third kappa shape index (κ3) is 4.77. The lowest BCUT2D eigenvalue weighted by molar-refractivity contribution is -0.152. The van der Waals surface area contributed by atoms with Crippen LogP contribution in [-0.2, 0) is 20.7 Å². The SMILES string of the molecule is O=C(CCc1ccc(O)cc1)OC1CCC(C(=O)O)CC1. The van der Waals surface area contributed by atoms with E-state index >= 15 is 0 Å². The van der Waals surface area contributed by atoms with Crippen molar-refractivity contribution in [2.75, 3.05) is 0 Å². The Hall–Kier alpha value is -2.04. The van der Waals surface area contributed by atoms with Gasteiger partial charge < -0.3 is 14.9 Å². The summed E-state index contributed by atoms with van der Waals surface area (Å²) >= 11 is 0. The molecular formula is C16H20O5. The molecular weight excluding hydrogens is 272 g/mol. The number of hydrogen-bond acceptors (Lipinski definition) is 4. The molecule has 114 valence electrons. The van der Waals surface area contributed by atoms with Crippen LogP contribution in [0.3, 0.4) is 0 Å². The molecule has 0 radical (unpaired) electrons. The maximum atomic E-state index is 11.8. The molecule has 0 bridgehead atoms. The second kappa shape index (κ2) is 7.11. The highest BCUT2D eigenvalue weighted by Crippen LogP contribution is 2.26. The number of hydrogen-bond donors (Lipinski definition) is 2. The molecule has 0 saturated heterocycles. The predicted molar refractivity (Wildman–Crippen MR) is 75.9 cm³/mol. The van der Waals surface area contributed by atoms with Crippen molar-refractivity contribution in [2.45, 2.75) is 44.6 Å². The molecule has 1 aliphatic rings. The molecule has 0 amide bonds. The molecule has 0 spiro atoms. The van der Waals surface area contributed by atoms with Gasteiger partial charge in [-0.15, -0.1) is 0 Å². The number of aromatic hydroxyl groups is 1. The number of rotatable bonds is 5. The van der Waals surface area contributed by atoms with Gasteiger partial charge in [0.15, 0.2) is 0 Å². The van der Waals surface area contributed by atoms with E-state index in [9.17, 15) is 14.7 Å². The average molecular weight is 292 g/mol. The summed E-state index contributed by atoms with van der Waals surface area (Å²) in [5.41, 5.74) is 0.972. The minimum atomic E-state index is -0.757. The Morgan fingerprint density at radius 3 is 2.29 bits per heavy atom. The van der Waals surface area contributed by atoms with E-state index < -0.39 is 5.97 Å². The molecule has 5 nitrogen and oxygen atoms in total. The van der Waals surface area contributed by atoms with Crippen LogP contribution in [0.25, 0.3) is 0 Å². The number of aliphatic carboxylic acids is 1. The van der Waals surface area contributed by atoms with Crippen molar-refractivity contribution in [1.82, 2.24) is 0 Å². The first-order chi connectivity index (χ1) is 10.0. The zero-order valence-corrected chi connectivity index (χ0v) is 11.8. The zero-order chi connectivity index (χ0) is 15.2. The predicted octanol–water partition coefficient (Wildman–Crippen LogP) is 2.51. The Balaban J connectivity index is 1.70. The Morgan fingerprint density at radius 1 is 1.10 bits per heavy atom. The number of benzene rings is 1. The van der Waals surface area contributed by atoms with E-state index in [1.54, 1.807) is 24.3 Å². The van der Waals surface area contributed by atoms with Gasteiger partial charge >= 0.3 is 11.9 Å². The number of carbonyl (C=O) groups excluding carboxylic acids is 1. The average Bonchev–Trinajstić information content (AvgIpc) is 2.47. The zero-order valence-electron chi connectivity index (χ0n) is 11.8. The van der Waals surface area contributed by atoms with Crippen molar-refractivity contribution < 1.29 is 24.5 Å². The minimum Gasteiger partial charge on any atom is -0.508 e. The molecule has 2 N–H and O–H groups in total.